The normalized spacial score (nSPS) is 12.2. The molecule has 0 saturated carbocycles. The van der Waals surface area contributed by atoms with Crippen LogP contribution in [0.25, 0.3) is 0 Å². The molecule has 0 fully saturated rings. The average molecular weight is 482 g/mol. The summed E-state index contributed by atoms with van der Waals surface area (Å²) in [6, 6.07) is 13.2. The molecule has 0 spiro atoms. The number of carbonyl (C=O) groups is 2. The fourth-order valence-electron chi connectivity index (χ4n) is 2.50. The Kier molecular flexibility index (Phi) is 8.36. The molecule has 2 amide bonds. The second kappa shape index (κ2) is 10.5. The topological polar surface area (TPSA) is 104 Å². The van der Waals surface area contributed by atoms with Crippen LogP contribution in [0.15, 0.2) is 57.9 Å². The van der Waals surface area contributed by atoms with Crippen molar-refractivity contribution in [1.29, 1.82) is 0 Å². The Morgan fingerprint density at radius 2 is 1.62 bits per heavy atom. The maximum absolute atomic E-state index is 12.2. The van der Waals surface area contributed by atoms with Gasteiger partial charge in [-0.15, -0.1) is 0 Å². The van der Waals surface area contributed by atoms with Gasteiger partial charge in [-0.2, -0.15) is 0 Å². The van der Waals surface area contributed by atoms with Crippen molar-refractivity contribution in [1.82, 2.24) is 10.0 Å². The van der Waals surface area contributed by atoms with E-state index in [2.05, 4.69) is 31.3 Å². The van der Waals surface area contributed by atoms with Gasteiger partial charge in [0.1, 0.15) is 0 Å². The molecule has 3 N–H and O–H groups in total. The van der Waals surface area contributed by atoms with E-state index in [0.29, 0.717) is 12.1 Å². The first kappa shape index (κ1) is 23.1. The summed E-state index contributed by atoms with van der Waals surface area (Å²) in [4.78, 5) is 23.7. The first-order valence-corrected chi connectivity index (χ1v) is 11.4. The molecule has 156 valence electrons. The number of amides is 2. The Hall–Kier alpha value is -2.23. The molecule has 9 heteroatoms. The Balaban J connectivity index is 1.82. The van der Waals surface area contributed by atoms with E-state index in [9.17, 15) is 18.0 Å². The van der Waals surface area contributed by atoms with Crippen molar-refractivity contribution in [3.05, 3.63) is 58.6 Å². The quantitative estimate of drug-likeness (QED) is 0.510. The smallest absolute Gasteiger partial charge is 0.240 e. The van der Waals surface area contributed by atoms with Gasteiger partial charge in [0.25, 0.3) is 0 Å². The summed E-state index contributed by atoms with van der Waals surface area (Å²) in [5.74, 6) is -0.330. The van der Waals surface area contributed by atoms with Gasteiger partial charge in [-0.3, -0.25) is 9.59 Å². The van der Waals surface area contributed by atoms with Gasteiger partial charge in [0, 0.05) is 29.5 Å². The standard InChI is InChI=1S/C20H24BrN3O4S/c1-3-19(25)24-17-8-4-15(5-9-17)14(2)23-20(26)12-13-22-29(27,28)18-10-6-16(21)7-11-18/h4-11,14,22H,3,12-13H2,1-2H3,(H,23,26)(H,24,25). The van der Waals surface area contributed by atoms with Crippen molar-refractivity contribution in [2.45, 2.75) is 37.6 Å². The van der Waals surface area contributed by atoms with E-state index in [1.165, 1.54) is 12.1 Å². The van der Waals surface area contributed by atoms with Crippen molar-refractivity contribution in [2.24, 2.45) is 0 Å². The van der Waals surface area contributed by atoms with E-state index in [-0.39, 0.29) is 35.7 Å². The minimum absolute atomic E-state index is 0.00105. The molecule has 2 rings (SSSR count). The second-order valence-electron chi connectivity index (χ2n) is 6.41. The zero-order valence-corrected chi connectivity index (χ0v) is 18.6. The highest BCUT2D eigenvalue weighted by Gasteiger charge is 2.15. The lowest BCUT2D eigenvalue weighted by Crippen LogP contribution is -2.32. The van der Waals surface area contributed by atoms with Crippen LogP contribution in [-0.2, 0) is 19.6 Å². The molecule has 0 aliphatic heterocycles. The Morgan fingerprint density at radius 1 is 1.00 bits per heavy atom. The van der Waals surface area contributed by atoms with Crippen molar-refractivity contribution < 1.29 is 18.0 Å². The van der Waals surface area contributed by atoms with Crippen LogP contribution in [0.5, 0.6) is 0 Å². The summed E-state index contributed by atoms with van der Waals surface area (Å²) in [7, 11) is -3.66. The Labute approximate surface area is 179 Å². The SMILES string of the molecule is CCC(=O)Nc1ccc(C(C)NC(=O)CCNS(=O)(=O)c2ccc(Br)cc2)cc1. The van der Waals surface area contributed by atoms with E-state index in [4.69, 9.17) is 0 Å². The van der Waals surface area contributed by atoms with E-state index >= 15 is 0 Å². The number of benzene rings is 2. The van der Waals surface area contributed by atoms with Crippen molar-refractivity contribution >= 4 is 43.5 Å². The van der Waals surface area contributed by atoms with Gasteiger partial charge in [0.15, 0.2) is 0 Å². The molecule has 0 aliphatic carbocycles. The summed E-state index contributed by atoms with van der Waals surface area (Å²) >= 11 is 3.26. The average Bonchev–Trinajstić information content (AvgIpc) is 2.68. The molecule has 29 heavy (non-hydrogen) atoms. The molecule has 0 aromatic heterocycles. The van der Waals surface area contributed by atoms with Gasteiger partial charge in [0.05, 0.1) is 10.9 Å². The molecular weight excluding hydrogens is 458 g/mol. The van der Waals surface area contributed by atoms with Gasteiger partial charge in [-0.25, -0.2) is 13.1 Å². The molecule has 0 bridgehead atoms. The predicted octanol–water partition coefficient (Wildman–Crippen LogP) is 3.34. The second-order valence-corrected chi connectivity index (χ2v) is 9.10. The lowest BCUT2D eigenvalue weighted by molar-refractivity contribution is -0.121. The van der Waals surface area contributed by atoms with Gasteiger partial charge in [0.2, 0.25) is 21.8 Å². The lowest BCUT2D eigenvalue weighted by atomic mass is 10.1. The molecule has 7 nitrogen and oxygen atoms in total. The summed E-state index contributed by atoms with van der Waals surface area (Å²) in [6.07, 6.45) is 0.421. The third kappa shape index (κ3) is 7.26. The lowest BCUT2D eigenvalue weighted by Gasteiger charge is -2.15. The number of rotatable bonds is 9. The summed E-state index contributed by atoms with van der Waals surface area (Å²) in [5.41, 5.74) is 1.57. The Bertz CT molecular complexity index is 945. The molecule has 0 aliphatic rings. The van der Waals surface area contributed by atoms with Crippen LogP contribution in [0.1, 0.15) is 38.3 Å². The molecule has 2 aromatic rings. The number of anilines is 1. The van der Waals surface area contributed by atoms with Crippen LogP contribution in [0.2, 0.25) is 0 Å². The van der Waals surface area contributed by atoms with Gasteiger partial charge in [-0.05, 0) is 48.9 Å². The summed E-state index contributed by atoms with van der Waals surface area (Å²) in [6.45, 7) is 3.61. The maximum Gasteiger partial charge on any atom is 0.240 e. The van der Waals surface area contributed by atoms with E-state index in [1.807, 2.05) is 19.1 Å². The van der Waals surface area contributed by atoms with Crippen LogP contribution in [0.3, 0.4) is 0 Å². The zero-order chi connectivity index (χ0) is 21.4. The molecule has 2 aromatic carbocycles. The van der Waals surface area contributed by atoms with Crippen LogP contribution >= 0.6 is 15.9 Å². The van der Waals surface area contributed by atoms with E-state index in [1.54, 1.807) is 31.2 Å². The van der Waals surface area contributed by atoms with Gasteiger partial charge >= 0.3 is 0 Å². The van der Waals surface area contributed by atoms with Crippen molar-refractivity contribution in [3.8, 4) is 0 Å². The minimum atomic E-state index is -3.66. The first-order chi connectivity index (χ1) is 13.7. The maximum atomic E-state index is 12.2. The third-order valence-electron chi connectivity index (χ3n) is 4.16. The number of carbonyl (C=O) groups excluding carboxylic acids is 2. The molecule has 1 unspecified atom stereocenters. The largest absolute Gasteiger partial charge is 0.350 e. The number of halogens is 1. The summed E-state index contributed by atoms with van der Waals surface area (Å²) in [5, 5.41) is 5.60. The fourth-order valence-corrected chi connectivity index (χ4v) is 3.79. The Morgan fingerprint density at radius 3 is 2.21 bits per heavy atom. The van der Waals surface area contributed by atoms with E-state index in [0.717, 1.165) is 10.0 Å². The van der Waals surface area contributed by atoms with Crippen LogP contribution in [-0.4, -0.2) is 26.8 Å². The summed E-state index contributed by atoms with van der Waals surface area (Å²) < 4.78 is 27.6. The number of hydrogen-bond donors (Lipinski definition) is 3. The minimum Gasteiger partial charge on any atom is -0.350 e. The molecule has 1 atom stereocenters. The monoisotopic (exact) mass is 481 g/mol. The van der Waals surface area contributed by atoms with Gasteiger partial charge in [-0.1, -0.05) is 35.0 Å². The zero-order valence-electron chi connectivity index (χ0n) is 16.2. The van der Waals surface area contributed by atoms with Crippen LogP contribution < -0.4 is 15.4 Å². The molecule has 0 saturated heterocycles. The number of nitrogens with one attached hydrogen (secondary N) is 3. The third-order valence-corrected chi connectivity index (χ3v) is 6.17. The van der Waals surface area contributed by atoms with Crippen molar-refractivity contribution in [2.75, 3.05) is 11.9 Å². The van der Waals surface area contributed by atoms with Gasteiger partial charge < -0.3 is 10.6 Å². The molecule has 0 heterocycles. The molecular formula is C20H24BrN3O4S. The van der Waals surface area contributed by atoms with Crippen molar-refractivity contribution in [3.63, 3.8) is 0 Å². The van der Waals surface area contributed by atoms with Crippen LogP contribution in [0, 0.1) is 0 Å². The highest BCUT2D eigenvalue weighted by Crippen LogP contribution is 2.17. The van der Waals surface area contributed by atoms with Crippen LogP contribution in [0.4, 0.5) is 5.69 Å². The highest BCUT2D eigenvalue weighted by molar-refractivity contribution is 9.10. The fraction of sp³-hybridized carbons (Fsp3) is 0.300. The number of hydrogen-bond acceptors (Lipinski definition) is 4. The first-order valence-electron chi connectivity index (χ1n) is 9.15. The highest BCUT2D eigenvalue weighted by atomic mass is 79.9. The molecule has 0 radical (unpaired) electrons. The number of sulfonamides is 1. The predicted molar refractivity (Wildman–Crippen MR) is 116 cm³/mol. The van der Waals surface area contributed by atoms with E-state index < -0.39 is 10.0 Å².